The maximum Gasteiger partial charge on any atom is 0.324 e. The molecule has 0 fully saturated rings. The highest BCUT2D eigenvalue weighted by atomic mass is 79.9. The predicted octanol–water partition coefficient (Wildman–Crippen LogP) is 2.80. The van der Waals surface area contributed by atoms with Crippen molar-refractivity contribution in [2.75, 3.05) is 13.2 Å². The first kappa shape index (κ1) is 15.6. The summed E-state index contributed by atoms with van der Waals surface area (Å²) in [6.45, 7) is 3.52. The molecule has 0 aromatic heterocycles. The van der Waals surface area contributed by atoms with Crippen molar-refractivity contribution in [3.05, 3.63) is 34.1 Å². The van der Waals surface area contributed by atoms with Gasteiger partial charge in [0.15, 0.2) is 5.92 Å². The number of ether oxygens (including phenoxy) is 2. The van der Waals surface area contributed by atoms with Crippen LogP contribution in [0.25, 0.3) is 0 Å². The van der Waals surface area contributed by atoms with Crippen molar-refractivity contribution in [1.29, 1.82) is 0 Å². The van der Waals surface area contributed by atoms with Gasteiger partial charge in [-0.25, -0.2) is 4.39 Å². The van der Waals surface area contributed by atoms with Crippen LogP contribution in [0.1, 0.15) is 25.3 Å². The molecule has 1 aromatic carbocycles. The standard InChI is InChI=1S/C13H14BrFO4/c1-3-18-12(16)11(13(17)19-4-2)8-5-6-9(14)10(15)7-8/h5-7,11H,3-4H2,1-2H3. The van der Waals surface area contributed by atoms with Crippen molar-refractivity contribution >= 4 is 27.9 Å². The molecule has 0 radical (unpaired) electrons. The molecule has 0 atom stereocenters. The molecule has 104 valence electrons. The topological polar surface area (TPSA) is 52.6 Å². The van der Waals surface area contributed by atoms with Crippen LogP contribution in [0.15, 0.2) is 22.7 Å². The van der Waals surface area contributed by atoms with E-state index in [1.165, 1.54) is 12.1 Å². The first-order valence-corrected chi connectivity index (χ1v) is 6.58. The molecular weight excluding hydrogens is 319 g/mol. The second-order valence-corrected chi connectivity index (χ2v) is 4.46. The molecule has 0 amide bonds. The highest BCUT2D eigenvalue weighted by Crippen LogP contribution is 2.24. The zero-order valence-corrected chi connectivity index (χ0v) is 12.2. The van der Waals surface area contributed by atoms with Crippen LogP contribution in [0.3, 0.4) is 0 Å². The fraction of sp³-hybridized carbons (Fsp3) is 0.385. The van der Waals surface area contributed by atoms with Gasteiger partial charge in [0.05, 0.1) is 17.7 Å². The summed E-state index contributed by atoms with van der Waals surface area (Å²) in [7, 11) is 0. The third kappa shape index (κ3) is 4.02. The molecule has 0 bridgehead atoms. The van der Waals surface area contributed by atoms with Gasteiger partial charge in [0.25, 0.3) is 0 Å². The van der Waals surface area contributed by atoms with Crippen LogP contribution in [0.2, 0.25) is 0 Å². The lowest BCUT2D eigenvalue weighted by Gasteiger charge is -2.14. The molecule has 1 rings (SSSR count). The lowest BCUT2D eigenvalue weighted by Crippen LogP contribution is -2.26. The Morgan fingerprint density at radius 2 is 1.74 bits per heavy atom. The van der Waals surface area contributed by atoms with E-state index in [9.17, 15) is 14.0 Å². The van der Waals surface area contributed by atoms with Gasteiger partial charge in [0, 0.05) is 0 Å². The van der Waals surface area contributed by atoms with Gasteiger partial charge < -0.3 is 9.47 Å². The maximum absolute atomic E-state index is 13.5. The second-order valence-electron chi connectivity index (χ2n) is 3.61. The van der Waals surface area contributed by atoms with E-state index in [0.29, 0.717) is 0 Å². The number of carbonyl (C=O) groups excluding carboxylic acids is 2. The zero-order chi connectivity index (χ0) is 14.4. The van der Waals surface area contributed by atoms with Crippen LogP contribution < -0.4 is 0 Å². The molecule has 4 nitrogen and oxygen atoms in total. The largest absolute Gasteiger partial charge is 0.465 e. The summed E-state index contributed by atoms with van der Waals surface area (Å²) in [6.07, 6.45) is 0. The van der Waals surface area contributed by atoms with Crippen molar-refractivity contribution in [2.24, 2.45) is 0 Å². The monoisotopic (exact) mass is 332 g/mol. The average molecular weight is 333 g/mol. The van der Waals surface area contributed by atoms with Gasteiger partial charge in [-0.2, -0.15) is 0 Å². The summed E-state index contributed by atoms with van der Waals surface area (Å²) in [5, 5.41) is 0. The molecule has 0 aliphatic rings. The Morgan fingerprint density at radius 3 is 2.16 bits per heavy atom. The first-order chi connectivity index (χ1) is 9.01. The Morgan fingerprint density at radius 1 is 1.21 bits per heavy atom. The van der Waals surface area contributed by atoms with E-state index in [0.717, 1.165) is 6.07 Å². The van der Waals surface area contributed by atoms with Gasteiger partial charge >= 0.3 is 11.9 Å². The molecule has 0 spiro atoms. The summed E-state index contributed by atoms with van der Waals surface area (Å²) in [5.41, 5.74) is 0.206. The minimum Gasteiger partial charge on any atom is -0.465 e. The Bertz CT molecular complexity index is 458. The van der Waals surface area contributed by atoms with Gasteiger partial charge in [-0.15, -0.1) is 0 Å². The third-order valence-corrected chi connectivity index (χ3v) is 2.96. The summed E-state index contributed by atoms with van der Waals surface area (Å²) in [6, 6.07) is 4.02. The van der Waals surface area contributed by atoms with Gasteiger partial charge in [-0.3, -0.25) is 9.59 Å². The minimum atomic E-state index is -1.26. The van der Waals surface area contributed by atoms with E-state index in [1.807, 2.05) is 0 Å². The fourth-order valence-electron chi connectivity index (χ4n) is 1.51. The summed E-state index contributed by atoms with van der Waals surface area (Å²) in [4.78, 5) is 23.6. The molecule has 0 saturated carbocycles. The van der Waals surface area contributed by atoms with Gasteiger partial charge in [0.2, 0.25) is 0 Å². The molecule has 0 aliphatic heterocycles. The van der Waals surface area contributed by atoms with Crippen molar-refractivity contribution in [1.82, 2.24) is 0 Å². The molecule has 0 aliphatic carbocycles. The maximum atomic E-state index is 13.5. The molecule has 1 aromatic rings. The average Bonchev–Trinajstić information content (AvgIpc) is 2.34. The number of esters is 2. The molecule has 6 heteroatoms. The van der Waals surface area contributed by atoms with E-state index in [-0.39, 0.29) is 23.2 Å². The first-order valence-electron chi connectivity index (χ1n) is 5.79. The van der Waals surface area contributed by atoms with Crippen LogP contribution in [0.4, 0.5) is 4.39 Å². The van der Waals surface area contributed by atoms with Crippen molar-refractivity contribution in [2.45, 2.75) is 19.8 Å². The normalized spacial score (nSPS) is 10.4. The number of hydrogen-bond donors (Lipinski definition) is 0. The molecule has 0 saturated heterocycles. The SMILES string of the molecule is CCOC(=O)C(C(=O)OCC)c1ccc(Br)c(F)c1. The van der Waals surface area contributed by atoms with E-state index in [1.54, 1.807) is 13.8 Å². The molecule has 0 N–H and O–H groups in total. The third-order valence-electron chi connectivity index (χ3n) is 2.32. The van der Waals surface area contributed by atoms with Crippen LogP contribution in [-0.4, -0.2) is 25.2 Å². The van der Waals surface area contributed by atoms with E-state index in [4.69, 9.17) is 9.47 Å². The molecular formula is C13H14BrFO4. The molecule has 0 unspecified atom stereocenters. The minimum absolute atomic E-state index is 0.133. The zero-order valence-electron chi connectivity index (χ0n) is 10.6. The number of benzene rings is 1. The number of rotatable bonds is 5. The van der Waals surface area contributed by atoms with Crippen LogP contribution >= 0.6 is 15.9 Å². The highest BCUT2D eigenvalue weighted by Gasteiger charge is 2.31. The van der Waals surface area contributed by atoms with Gasteiger partial charge in [-0.1, -0.05) is 6.07 Å². The van der Waals surface area contributed by atoms with E-state index < -0.39 is 23.7 Å². The smallest absolute Gasteiger partial charge is 0.324 e. The number of halogens is 2. The lowest BCUT2D eigenvalue weighted by atomic mass is 9.99. The second kappa shape index (κ2) is 7.23. The lowest BCUT2D eigenvalue weighted by molar-refractivity contribution is -0.156. The van der Waals surface area contributed by atoms with E-state index in [2.05, 4.69) is 15.9 Å². The van der Waals surface area contributed by atoms with Crippen molar-refractivity contribution in [3.63, 3.8) is 0 Å². The van der Waals surface area contributed by atoms with Gasteiger partial charge in [0.1, 0.15) is 5.82 Å². The van der Waals surface area contributed by atoms with Crippen LogP contribution in [0.5, 0.6) is 0 Å². The number of carbonyl (C=O) groups is 2. The Kier molecular flexibility index (Phi) is 5.95. The predicted molar refractivity (Wildman–Crippen MR) is 70.1 cm³/mol. The van der Waals surface area contributed by atoms with Crippen LogP contribution in [0, 0.1) is 5.82 Å². The van der Waals surface area contributed by atoms with Crippen LogP contribution in [-0.2, 0) is 19.1 Å². The molecule has 0 heterocycles. The Balaban J connectivity index is 3.11. The van der Waals surface area contributed by atoms with Crippen molar-refractivity contribution < 1.29 is 23.5 Å². The van der Waals surface area contributed by atoms with Crippen molar-refractivity contribution in [3.8, 4) is 0 Å². The summed E-state index contributed by atoms with van der Waals surface area (Å²) < 4.78 is 23.4. The molecule has 19 heavy (non-hydrogen) atoms. The Labute approximate surface area is 119 Å². The van der Waals surface area contributed by atoms with Gasteiger partial charge in [-0.05, 0) is 47.5 Å². The summed E-state index contributed by atoms with van der Waals surface area (Å²) >= 11 is 3.01. The fourth-order valence-corrected chi connectivity index (χ4v) is 1.76. The summed E-state index contributed by atoms with van der Waals surface area (Å²) in [5.74, 6) is -3.32. The van der Waals surface area contributed by atoms with E-state index >= 15 is 0 Å². The highest BCUT2D eigenvalue weighted by molar-refractivity contribution is 9.10. The Hall–Kier alpha value is -1.43. The number of hydrogen-bond acceptors (Lipinski definition) is 4. The quantitative estimate of drug-likeness (QED) is 0.614.